The van der Waals surface area contributed by atoms with E-state index in [0.29, 0.717) is 12.8 Å². The summed E-state index contributed by atoms with van der Waals surface area (Å²) < 4.78 is 53.7. The van der Waals surface area contributed by atoms with E-state index in [4.69, 9.17) is 9.47 Å². The van der Waals surface area contributed by atoms with Crippen LogP contribution >= 0.6 is 8.46 Å². The van der Waals surface area contributed by atoms with Crippen LogP contribution in [0.2, 0.25) is 0 Å². The highest BCUT2D eigenvalue weighted by Crippen LogP contribution is 2.38. The first-order valence-corrected chi connectivity index (χ1v) is 14.8. The molecule has 0 bridgehead atoms. The van der Waals surface area contributed by atoms with E-state index >= 15 is 0 Å². The fraction of sp³-hybridized carbons (Fsp3) is 0.731. The van der Waals surface area contributed by atoms with Gasteiger partial charge in [0.05, 0.1) is 0 Å². The van der Waals surface area contributed by atoms with Gasteiger partial charge in [0.15, 0.2) is 6.10 Å². The molecule has 0 radical (unpaired) electrons. The Kier molecular flexibility index (Phi) is 17.3. The van der Waals surface area contributed by atoms with Crippen LogP contribution in [-0.4, -0.2) is 36.8 Å². The second-order valence-corrected chi connectivity index (χ2v) is 12.1. The van der Waals surface area contributed by atoms with E-state index in [1.54, 1.807) is 0 Å². The van der Waals surface area contributed by atoms with Gasteiger partial charge in [-0.15, -0.1) is 0 Å². The van der Waals surface area contributed by atoms with Crippen molar-refractivity contribution in [3.63, 3.8) is 0 Å². The van der Waals surface area contributed by atoms with Gasteiger partial charge in [0.2, 0.25) is 0 Å². The van der Waals surface area contributed by atoms with Crippen LogP contribution in [-0.2, 0) is 29.0 Å². The largest absolute Gasteiger partial charge is 0.453 e. The third kappa shape index (κ3) is 13.5. The van der Waals surface area contributed by atoms with Crippen molar-refractivity contribution in [1.29, 1.82) is 0 Å². The van der Waals surface area contributed by atoms with Crippen molar-refractivity contribution < 1.29 is 31.8 Å². The second-order valence-electron chi connectivity index (χ2n) is 9.28. The number of hydrogen-bond donors (Lipinski definition) is 1. The van der Waals surface area contributed by atoms with Gasteiger partial charge >= 0.3 is 29.2 Å². The van der Waals surface area contributed by atoms with Crippen LogP contribution in [0.25, 0.3) is 0 Å². The highest BCUT2D eigenvalue weighted by atomic mass is 32.2. The van der Waals surface area contributed by atoms with Crippen molar-refractivity contribution in [2.24, 2.45) is 0 Å². The van der Waals surface area contributed by atoms with E-state index in [1.165, 1.54) is 11.1 Å². The Labute approximate surface area is 214 Å². The van der Waals surface area contributed by atoms with Gasteiger partial charge in [0.25, 0.3) is 0 Å². The van der Waals surface area contributed by atoms with Gasteiger partial charge in [-0.3, -0.25) is 9.35 Å². The Morgan fingerprint density at radius 1 is 0.943 bits per heavy atom. The maximum absolute atomic E-state index is 12.4. The summed E-state index contributed by atoms with van der Waals surface area (Å²) in [6.07, 6.45) is 12.9. The number of carbonyl (C=O) groups excluding carboxylic acids is 1. The van der Waals surface area contributed by atoms with E-state index in [9.17, 15) is 22.3 Å². The zero-order chi connectivity index (χ0) is 26.9. The quantitative estimate of drug-likeness (QED) is 0.0611. The Morgan fingerprint density at radius 2 is 1.51 bits per heavy atom. The molecule has 0 saturated carbocycles. The van der Waals surface area contributed by atoms with Crippen LogP contribution in [0.4, 0.5) is 0 Å². The maximum atomic E-state index is 12.4. The van der Waals surface area contributed by atoms with Crippen LogP contribution in [0.15, 0.2) is 34.9 Å². The van der Waals surface area contributed by atoms with E-state index < -0.39 is 35.3 Å². The summed E-state index contributed by atoms with van der Waals surface area (Å²) in [7, 11) is -5.45. The number of allylic oxidation sites excluding steroid dienone is 6. The average Bonchev–Trinajstić information content (AvgIpc) is 2.76. The zero-order valence-electron chi connectivity index (χ0n) is 22.4. The molecule has 1 N–H and O–H groups in total. The van der Waals surface area contributed by atoms with Gasteiger partial charge in [-0.1, -0.05) is 65.7 Å². The molecule has 0 rings (SSSR count). The standard InChI is InChI=1S/C26H45O7PS/c1-7-8-9-10-20-25(27)33-24(26(32-6,34-28)35(29,30)31)19-13-18-23(5)17-12-16-22(4)15-11-14-21(2)3/h14,16,18,24H,7-13,15,17,19-20H2,1-6H3,(H,29,30,31)/p+1. The Bertz CT molecular complexity index is 842. The average molecular weight is 534 g/mol. The molecule has 3 atom stereocenters. The summed E-state index contributed by atoms with van der Waals surface area (Å²) in [4.78, 5) is 12.4. The van der Waals surface area contributed by atoms with Gasteiger partial charge in [0.1, 0.15) is 0 Å². The van der Waals surface area contributed by atoms with E-state index in [2.05, 4.69) is 39.8 Å². The SMILES string of the molecule is CCCCCCC(=O)OC(CCC=C(C)CCC=C(C)CCC=C(C)C)C(OC)([PH+]=O)S(=O)(=O)O. The molecule has 3 unspecified atom stereocenters. The van der Waals surface area contributed by atoms with Crippen molar-refractivity contribution >= 4 is 24.5 Å². The molecule has 35 heavy (non-hydrogen) atoms. The third-order valence-corrected chi connectivity index (χ3v) is 8.84. The van der Waals surface area contributed by atoms with Gasteiger partial charge in [-0.05, 0) is 72.6 Å². The molecule has 0 aliphatic heterocycles. The van der Waals surface area contributed by atoms with Crippen LogP contribution in [0.1, 0.15) is 105 Å². The predicted octanol–water partition coefficient (Wildman–Crippen LogP) is 7.28. The summed E-state index contributed by atoms with van der Waals surface area (Å²) in [6, 6.07) is 0. The normalized spacial score (nSPS) is 15.5. The second kappa shape index (κ2) is 18.0. The molecule has 0 heterocycles. The molecule has 0 fully saturated rings. The maximum Gasteiger partial charge on any atom is 0.423 e. The summed E-state index contributed by atoms with van der Waals surface area (Å²) in [6.45, 7) is 10.4. The number of esters is 1. The predicted molar refractivity (Wildman–Crippen MR) is 144 cm³/mol. The number of carbonyl (C=O) groups is 1. The Balaban J connectivity index is 5.18. The lowest BCUT2D eigenvalue weighted by Crippen LogP contribution is -2.48. The van der Waals surface area contributed by atoms with Crippen molar-refractivity contribution in [2.45, 2.75) is 116 Å². The van der Waals surface area contributed by atoms with E-state index in [0.717, 1.165) is 57.6 Å². The fourth-order valence-electron chi connectivity index (χ4n) is 3.62. The zero-order valence-corrected chi connectivity index (χ0v) is 24.2. The first kappa shape index (κ1) is 33.7. The van der Waals surface area contributed by atoms with Crippen molar-refractivity contribution in [2.75, 3.05) is 7.11 Å². The van der Waals surface area contributed by atoms with Crippen LogP contribution < -0.4 is 0 Å². The van der Waals surface area contributed by atoms with Gasteiger partial charge in [-0.25, -0.2) is 0 Å². The Hall–Kier alpha value is -1.34. The molecule has 202 valence electrons. The minimum absolute atomic E-state index is 0.0540. The highest BCUT2D eigenvalue weighted by Gasteiger charge is 2.61. The fourth-order valence-corrected chi connectivity index (χ4v) is 5.17. The summed E-state index contributed by atoms with van der Waals surface area (Å²) >= 11 is 0. The number of methoxy groups -OCH3 is 1. The van der Waals surface area contributed by atoms with Crippen LogP contribution in [0, 0.1) is 0 Å². The number of hydrogen-bond acceptors (Lipinski definition) is 6. The van der Waals surface area contributed by atoms with Crippen molar-refractivity contribution in [3.8, 4) is 0 Å². The third-order valence-electron chi connectivity index (χ3n) is 5.81. The summed E-state index contributed by atoms with van der Waals surface area (Å²) in [5.41, 5.74) is 3.78. The first-order chi connectivity index (χ1) is 16.4. The molecule has 0 amide bonds. The van der Waals surface area contributed by atoms with E-state index in [-0.39, 0.29) is 12.8 Å². The number of rotatable bonds is 19. The molecule has 9 heteroatoms. The lowest BCUT2D eigenvalue weighted by molar-refractivity contribution is -0.155. The molecule has 0 aliphatic carbocycles. The lowest BCUT2D eigenvalue weighted by Gasteiger charge is -2.25. The monoisotopic (exact) mass is 533 g/mol. The minimum Gasteiger partial charge on any atom is -0.453 e. The van der Waals surface area contributed by atoms with Gasteiger partial charge < -0.3 is 9.47 Å². The highest BCUT2D eigenvalue weighted by molar-refractivity contribution is 7.91. The number of unbranched alkanes of at least 4 members (excludes halogenated alkanes) is 3. The lowest BCUT2D eigenvalue weighted by atomic mass is 10.0. The molecule has 0 spiro atoms. The molecule has 0 aromatic heterocycles. The van der Waals surface area contributed by atoms with Crippen LogP contribution in [0.5, 0.6) is 0 Å². The summed E-state index contributed by atoms with van der Waals surface area (Å²) in [5.74, 6) is -0.594. The summed E-state index contributed by atoms with van der Waals surface area (Å²) in [5, 5.41) is 0. The van der Waals surface area contributed by atoms with E-state index in [1.807, 2.05) is 13.0 Å². The van der Waals surface area contributed by atoms with Crippen molar-refractivity contribution in [3.05, 3.63) is 34.9 Å². The molecule has 0 aliphatic rings. The van der Waals surface area contributed by atoms with Gasteiger partial charge in [-0.2, -0.15) is 8.42 Å². The molecule has 0 aromatic rings. The smallest absolute Gasteiger partial charge is 0.423 e. The number of ether oxygens (including phenoxy) is 2. The van der Waals surface area contributed by atoms with Crippen molar-refractivity contribution in [1.82, 2.24) is 0 Å². The molecular weight excluding hydrogens is 487 g/mol. The van der Waals surface area contributed by atoms with Gasteiger partial charge in [0, 0.05) is 13.5 Å². The van der Waals surface area contributed by atoms with Crippen LogP contribution in [0.3, 0.4) is 0 Å². The molecule has 7 nitrogen and oxygen atoms in total. The Morgan fingerprint density at radius 3 is 2.00 bits per heavy atom. The topological polar surface area (TPSA) is 107 Å². The molecule has 0 saturated heterocycles. The first-order valence-electron chi connectivity index (χ1n) is 12.5. The molecular formula is C26H46O7PS+. The minimum atomic E-state index is -4.92. The molecule has 0 aromatic carbocycles.